The quantitative estimate of drug-likeness (QED) is 0.864. The summed E-state index contributed by atoms with van der Waals surface area (Å²) >= 11 is 6.08. The Hall–Kier alpha value is -2.00. The lowest BCUT2D eigenvalue weighted by Crippen LogP contribution is -2.13. The van der Waals surface area contributed by atoms with Crippen LogP contribution in [0, 0.1) is 6.92 Å². The summed E-state index contributed by atoms with van der Waals surface area (Å²) in [4.78, 5) is 11.2. The number of nitrogens with one attached hydrogen (secondary N) is 1. The highest BCUT2D eigenvalue weighted by Gasteiger charge is 2.11. The zero-order valence-electron chi connectivity index (χ0n) is 12.2. The number of nitrogens with two attached hydrogens (primary N) is 1. The van der Waals surface area contributed by atoms with Crippen molar-refractivity contribution < 1.29 is 4.79 Å². The van der Waals surface area contributed by atoms with E-state index < -0.39 is 5.91 Å². The number of carbonyl (C=O) groups excluding carboxylic acids is 1. The minimum absolute atomic E-state index is 0.195. The van der Waals surface area contributed by atoms with Crippen molar-refractivity contribution in [3.05, 3.63) is 64.2 Å². The number of primary amides is 1. The Morgan fingerprint density at radius 2 is 1.90 bits per heavy atom. The number of hydrogen-bond acceptors (Lipinski definition) is 2. The molecule has 0 aliphatic carbocycles. The average molecular weight is 303 g/mol. The van der Waals surface area contributed by atoms with E-state index in [9.17, 15) is 4.79 Å². The Kier molecular flexibility index (Phi) is 4.86. The standard InChI is InChI=1S/C17H19ClN2O/c1-3-16(12-6-4-11(2)5-7-12)20-13-8-9-14(17(19)21)15(18)10-13/h4-10,16,20H,3H2,1-2H3,(H2,19,21). The Morgan fingerprint density at radius 1 is 1.24 bits per heavy atom. The first-order chi connectivity index (χ1) is 10.0. The predicted octanol–water partition coefficient (Wildman–Crippen LogP) is 4.31. The van der Waals surface area contributed by atoms with E-state index in [1.165, 1.54) is 11.1 Å². The molecule has 0 aliphatic heterocycles. The minimum Gasteiger partial charge on any atom is -0.378 e. The van der Waals surface area contributed by atoms with Gasteiger partial charge in [-0.15, -0.1) is 0 Å². The third-order valence-corrected chi connectivity index (χ3v) is 3.78. The van der Waals surface area contributed by atoms with Crippen LogP contribution in [0.3, 0.4) is 0 Å². The van der Waals surface area contributed by atoms with Crippen LogP contribution in [0.25, 0.3) is 0 Å². The number of amides is 1. The molecular formula is C17H19ClN2O. The van der Waals surface area contributed by atoms with Gasteiger partial charge in [-0.2, -0.15) is 0 Å². The molecule has 0 fully saturated rings. The van der Waals surface area contributed by atoms with Gasteiger partial charge in [0.25, 0.3) is 0 Å². The Balaban J connectivity index is 2.20. The first kappa shape index (κ1) is 15.4. The van der Waals surface area contributed by atoms with Gasteiger partial charge in [-0.3, -0.25) is 4.79 Å². The van der Waals surface area contributed by atoms with Crippen molar-refractivity contribution in [2.24, 2.45) is 5.73 Å². The number of aryl methyl sites for hydroxylation is 1. The zero-order chi connectivity index (χ0) is 15.4. The lowest BCUT2D eigenvalue weighted by molar-refractivity contribution is 0.100. The molecule has 110 valence electrons. The topological polar surface area (TPSA) is 55.1 Å². The van der Waals surface area contributed by atoms with E-state index in [1.807, 2.05) is 6.07 Å². The van der Waals surface area contributed by atoms with Crippen LogP contribution in [-0.2, 0) is 0 Å². The molecule has 2 rings (SSSR count). The van der Waals surface area contributed by atoms with Crippen LogP contribution in [0.5, 0.6) is 0 Å². The van der Waals surface area contributed by atoms with Crippen LogP contribution in [0.15, 0.2) is 42.5 Å². The van der Waals surface area contributed by atoms with Crippen molar-refractivity contribution >= 4 is 23.2 Å². The van der Waals surface area contributed by atoms with E-state index in [4.69, 9.17) is 17.3 Å². The van der Waals surface area contributed by atoms with Crippen molar-refractivity contribution in [3.63, 3.8) is 0 Å². The predicted molar refractivity (Wildman–Crippen MR) is 87.8 cm³/mol. The smallest absolute Gasteiger partial charge is 0.250 e. The maximum absolute atomic E-state index is 11.2. The van der Waals surface area contributed by atoms with Crippen LogP contribution in [0.4, 0.5) is 5.69 Å². The molecule has 0 aliphatic rings. The zero-order valence-corrected chi connectivity index (χ0v) is 12.9. The molecule has 2 aromatic rings. The molecule has 0 spiro atoms. The van der Waals surface area contributed by atoms with Crippen molar-refractivity contribution in [2.75, 3.05) is 5.32 Å². The highest BCUT2D eigenvalue weighted by atomic mass is 35.5. The third-order valence-electron chi connectivity index (χ3n) is 3.46. The lowest BCUT2D eigenvalue weighted by Gasteiger charge is -2.19. The summed E-state index contributed by atoms with van der Waals surface area (Å²) in [7, 11) is 0. The Labute approximate surface area is 130 Å². The molecule has 0 saturated carbocycles. The molecule has 0 heterocycles. The van der Waals surface area contributed by atoms with Gasteiger partial charge in [0.2, 0.25) is 5.91 Å². The number of carbonyl (C=O) groups is 1. The van der Waals surface area contributed by atoms with Gasteiger partial charge in [-0.05, 0) is 37.1 Å². The second-order valence-electron chi connectivity index (χ2n) is 5.07. The molecule has 1 unspecified atom stereocenters. The van der Waals surface area contributed by atoms with Crippen molar-refractivity contribution in [1.29, 1.82) is 0 Å². The van der Waals surface area contributed by atoms with E-state index in [0.717, 1.165) is 12.1 Å². The first-order valence-corrected chi connectivity index (χ1v) is 7.31. The first-order valence-electron chi connectivity index (χ1n) is 6.93. The molecule has 3 nitrogen and oxygen atoms in total. The van der Waals surface area contributed by atoms with Crippen LogP contribution in [0.1, 0.15) is 40.9 Å². The second-order valence-corrected chi connectivity index (χ2v) is 5.48. The van der Waals surface area contributed by atoms with Crippen molar-refractivity contribution in [3.8, 4) is 0 Å². The molecule has 21 heavy (non-hydrogen) atoms. The fraction of sp³-hybridized carbons (Fsp3) is 0.235. The number of halogens is 1. The summed E-state index contributed by atoms with van der Waals surface area (Å²) in [6.07, 6.45) is 0.943. The fourth-order valence-electron chi connectivity index (χ4n) is 2.23. The van der Waals surface area contributed by atoms with Crippen LogP contribution in [-0.4, -0.2) is 5.91 Å². The fourth-order valence-corrected chi connectivity index (χ4v) is 2.50. The number of hydrogen-bond donors (Lipinski definition) is 2. The van der Waals surface area contributed by atoms with E-state index in [1.54, 1.807) is 12.1 Å². The average Bonchev–Trinajstić information content (AvgIpc) is 2.45. The molecule has 2 aromatic carbocycles. The Morgan fingerprint density at radius 3 is 2.43 bits per heavy atom. The number of anilines is 1. The van der Waals surface area contributed by atoms with E-state index in [2.05, 4.69) is 43.4 Å². The molecular weight excluding hydrogens is 284 g/mol. The van der Waals surface area contributed by atoms with E-state index in [-0.39, 0.29) is 6.04 Å². The van der Waals surface area contributed by atoms with E-state index in [0.29, 0.717) is 10.6 Å². The van der Waals surface area contributed by atoms with Gasteiger partial charge in [0, 0.05) is 5.69 Å². The Bertz CT molecular complexity index is 638. The maximum Gasteiger partial charge on any atom is 0.250 e. The molecule has 3 N–H and O–H groups in total. The van der Waals surface area contributed by atoms with Gasteiger partial charge in [0.15, 0.2) is 0 Å². The number of rotatable bonds is 5. The normalized spacial score (nSPS) is 12.0. The van der Waals surface area contributed by atoms with Crippen molar-refractivity contribution in [1.82, 2.24) is 0 Å². The maximum atomic E-state index is 11.2. The molecule has 4 heteroatoms. The molecule has 1 amide bonds. The minimum atomic E-state index is -0.517. The van der Waals surface area contributed by atoms with Crippen LogP contribution >= 0.6 is 11.6 Å². The summed E-state index contributed by atoms with van der Waals surface area (Å²) in [5, 5.41) is 3.80. The molecule has 0 aromatic heterocycles. The van der Waals surface area contributed by atoms with Crippen LogP contribution in [0.2, 0.25) is 5.02 Å². The highest BCUT2D eigenvalue weighted by molar-refractivity contribution is 6.34. The van der Waals surface area contributed by atoms with E-state index >= 15 is 0 Å². The van der Waals surface area contributed by atoms with Gasteiger partial charge < -0.3 is 11.1 Å². The number of benzene rings is 2. The van der Waals surface area contributed by atoms with Gasteiger partial charge in [-0.1, -0.05) is 48.4 Å². The van der Waals surface area contributed by atoms with Gasteiger partial charge in [0.1, 0.15) is 0 Å². The molecule has 0 bridgehead atoms. The third kappa shape index (κ3) is 3.76. The molecule has 0 saturated heterocycles. The molecule has 0 radical (unpaired) electrons. The monoisotopic (exact) mass is 302 g/mol. The van der Waals surface area contributed by atoms with Crippen LogP contribution < -0.4 is 11.1 Å². The van der Waals surface area contributed by atoms with Gasteiger partial charge in [0.05, 0.1) is 16.6 Å². The lowest BCUT2D eigenvalue weighted by atomic mass is 10.0. The van der Waals surface area contributed by atoms with Gasteiger partial charge >= 0.3 is 0 Å². The van der Waals surface area contributed by atoms with Crippen molar-refractivity contribution in [2.45, 2.75) is 26.3 Å². The largest absolute Gasteiger partial charge is 0.378 e. The summed E-state index contributed by atoms with van der Waals surface area (Å²) in [6, 6.07) is 13.8. The summed E-state index contributed by atoms with van der Waals surface area (Å²) in [5.74, 6) is -0.517. The van der Waals surface area contributed by atoms with Gasteiger partial charge in [-0.25, -0.2) is 0 Å². The molecule has 1 atom stereocenters. The summed E-state index contributed by atoms with van der Waals surface area (Å²) < 4.78 is 0. The SMILES string of the molecule is CCC(Nc1ccc(C(N)=O)c(Cl)c1)c1ccc(C)cc1. The summed E-state index contributed by atoms with van der Waals surface area (Å²) in [6.45, 7) is 4.19. The summed E-state index contributed by atoms with van der Waals surface area (Å²) in [5.41, 5.74) is 8.92. The highest BCUT2D eigenvalue weighted by Crippen LogP contribution is 2.26. The second kappa shape index (κ2) is 6.64.